The van der Waals surface area contributed by atoms with Gasteiger partial charge >= 0.3 is 0 Å². The lowest BCUT2D eigenvalue weighted by atomic mass is 9.81. The average molecular weight is 473 g/mol. The number of nitro benzene ring substituents is 1. The van der Waals surface area contributed by atoms with Gasteiger partial charge in [0.1, 0.15) is 22.9 Å². The number of rotatable bonds is 3. The van der Waals surface area contributed by atoms with E-state index in [-0.39, 0.29) is 15.7 Å². The van der Waals surface area contributed by atoms with E-state index in [2.05, 4.69) is 21.2 Å². The molecule has 0 radical (unpaired) electrons. The third-order valence-electron chi connectivity index (χ3n) is 4.64. The first-order valence-electron chi connectivity index (χ1n) is 8.38. The van der Waals surface area contributed by atoms with Gasteiger partial charge in [-0.3, -0.25) is 19.7 Å². The number of ketones is 2. The SMILES string of the molecule is O=C1c2c(Nc3ccc(F)cc3)cc(Br)c(O)c2C(=O)c2c(O)ccc([N+](=O)[O-])c21. The Kier molecular flexibility index (Phi) is 4.50. The highest BCUT2D eigenvalue weighted by molar-refractivity contribution is 9.10. The zero-order chi connectivity index (χ0) is 21.7. The van der Waals surface area contributed by atoms with Crippen molar-refractivity contribution < 1.29 is 29.1 Å². The topological polar surface area (TPSA) is 130 Å². The van der Waals surface area contributed by atoms with Crippen molar-refractivity contribution in [3.8, 4) is 11.5 Å². The molecule has 8 nitrogen and oxygen atoms in total. The molecule has 150 valence electrons. The van der Waals surface area contributed by atoms with E-state index in [4.69, 9.17) is 0 Å². The molecule has 0 spiro atoms. The molecule has 1 aliphatic rings. The molecule has 1 aliphatic carbocycles. The molecule has 3 aromatic carbocycles. The highest BCUT2D eigenvalue weighted by Gasteiger charge is 2.41. The molecule has 0 aromatic heterocycles. The van der Waals surface area contributed by atoms with Crippen molar-refractivity contribution in [2.24, 2.45) is 0 Å². The number of hydrogen-bond donors (Lipinski definition) is 3. The van der Waals surface area contributed by atoms with Crippen molar-refractivity contribution in [2.45, 2.75) is 0 Å². The number of halogens is 2. The van der Waals surface area contributed by atoms with Crippen LogP contribution in [0.4, 0.5) is 21.5 Å². The molecule has 3 aromatic rings. The number of hydrogen-bond acceptors (Lipinski definition) is 7. The zero-order valence-corrected chi connectivity index (χ0v) is 16.4. The van der Waals surface area contributed by atoms with Gasteiger partial charge in [-0.05, 0) is 52.3 Å². The van der Waals surface area contributed by atoms with Crippen molar-refractivity contribution in [2.75, 3.05) is 5.32 Å². The van der Waals surface area contributed by atoms with E-state index >= 15 is 0 Å². The van der Waals surface area contributed by atoms with Crippen LogP contribution in [0.1, 0.15) is 31.8 Å². The number of nitro groups is 1. The summed E-state index contributed by atoms with van der Waals surface area (Å²) in [5.74, 6) is -3.52. The normalized spacial score (nSPS) is 12.3. The Morgan fingerprint density at radius 2 is 1.57 bits per heavy atom. The summed E-state index contributed by atoms with van der Waals surface area (Å²) in [6.07, 6.45) is 0. The first kappa shape index (κ1) is 19.5. The summed E-state index contributed by atoms with van der Waals surface area (Å²) in [7, 11) is 0. The third-order valence-corrected chi connectivity index (χ3v) is 5.25. The van der Waals surface area contributed by atoms with Crippen molar-refractivity contribution >= 4 is 44.6 Å². The molecule has 4 rings (SSSR count). The second-order valence-corrected chi connectivity index (χ2v) is 7.26. The number of carbonyl (C=O) groups excluding carboxylic acids is 2. The van der Waals surface area contributed by atoms with E-state index in [0.717, 1.165) is 12.1 Å². The Balaban J connectivity index is 2.00. The molecular weight excluding hydrogens is 463 g/mol. The highest BCUT2D eigenvalue weighted by atomic mass is 79.9. The van der Waals surface area contributed by atoms with Gasteiger partial charge in [-0.2, -0.15) is 0 Å². The third kappa shape index (κ3) is 2.89. The summed E-state index contributed by atoms with van der Waals surface area (Å²) in [6.45, 7) is 0. The van der Waals surface area contributed by atoms with Gasteiger partial charge in [-0.15, -0.1) is 0 Å². The maximum atomic E-state index is 13.3. The van der Waals surface area contributed by atoms with Crippen LogP contribution in [-0.4, -0.2) is 26.7 Å². The van der Waals surface area contributed by atoms with Crippen LogP contribution in [-0.2, 0) is 0 Å². The van der Waals surface area contributed by atoms with Crippen molar-refractivity contribution in [1.29, 1.82) is 0 Å². The van der Waals surface area contributed by atoms with Crippen LogP contribution in [0.25, 0.3) is 0 Å². The van der Waals surface area contributed by atoms with Gasteiger partial charge in [0.05, 0.1) is 31.8 Å². The Labute approximate surface area is 175 Å². The molecule has 3 N–H and O–H groups in total. The molecule has 0 amide bonds. The first-order valence-corrected chi connectivity index (χ1v) is 9.17. The number of benzene rings is 3. The number of carbonyl (C=O) groups is 2. The van der Waals surface area contributed by atoms with Gasteiger partial charge in [-0.1, -0.05) is 0 Å². The Hall–Kier alpha value is -3.79. The second-order valence-electron chi connectivity index (χ2n) is 6.41. The second kappa shape index (κ2) is 6.92. The minimum absolute atomic E-state index is 0.0583. The molecule has 0 atom stereocenters. The summed E-state index contributed by atoms with van der Waals surface area (Å²) in [5.41, 5.74) is -2.06. The molecule has 10 heteroatoms. The number of aromatic hydroxyl groups is 2. The fourth-order valence-corrected chi connectivity index (χ4v) is 3.75. The number of anilines is 2. The lowest BCUT2D eigenvalue weighted by Crippen LogP contribution is -2.24. The van der Waals surface area contributed by atoms with Crippen LogP contribution in [0.15, 0.2) is 46.9 Å². The molecule has 30 heavy (non-hydrogen) atoms. The van der Waals surface area contributed by atoms with Gasteiger partial charge in [0.2, 0.25) is 11.6 Å². The van der Waals surface area contributed by atoms with Crippen LogP contribution in [0.2, 0.25) is 0 Å². The minimum atomic E-state index is -0.943. The van der Waals surface area contributed by atoms with Crippen LogP contribution in [0.5, 0.6) is 11.5 Å². The molecule has 0 saturated carbocycles. The summed E-state index contributed by atoms with van der Waals surface area (Å²) in [5, 5.41) is 34.9. The maximum absolute atomic E-state index is 13.3. The predicted octanol–water partition coefficient (Wildman–Crippen LogP) is 4.43. The van der Waals surface area contributed by atoms with E-state index in [1.165, 1.54) is 30.3 Å². The smallest absolute Gasteiger partial charge is 0.281 e. The van der Waals surface area contributed by atoms with Gasteiger partial charge in [0, 0.05) is 11.8 Å². The molecule has 0 heterocycles. The van der Waals surface area contributed by atoms with E-state index in [1.54, 1.807) is 0 Å². The summed E-state index contributed by atoms with van der Waals surface area (Å²) >= 11 is 3.11. The predicted molar refractivity (Wildman–Crippen MR) is 107 cm³/mol. The molecule has 0 unspecified atom stereocenters. The monoisotopic (exact) mass is 472 g/mol. The molecule has 0 fully saturated rings. The van der Waals surface area contributed by atoms with E-state index < -0.39 is 56.2 Å². The number of fused-ring (bicyclic) bond motifs is 2. The lowest BCUT2D eigenvalue weighted by molar-refractivity contribution is -0.385. The van der Waals surface area contributed by atoms with Crippen molar-refractivity contribution in [1.82, 2.24) is 0 Å². The Bertz CT molecular complexity index is 1270. The van der Waals surface area contributed by atoms with Crippen LogP contribution >= 0.6 is 15.9 Å². The van der Waals surface area contributed by atoms with E-state index in [1.807, 2.05) is 0 Å². The van der Waals surface area contributed by atoms with E-state index in [9.17, 15) is 34.3 Å². The molecule has 0 saturated heterocycles. The first-order chi connectivity index (χ1) is 14.2. The van der Waals surface area contributed by atoms with Crippen LogP contribution < -0.4 is 5.32 Å². The fraction of sp³-hybridized carbons (Fsp3) is 0. The molecule has 0 aliphatic heterocycles. The standard InChI is InChI=1S/C20H10BrFN2O6/c21-10-7-11(23-9-3-1-8(22)2-4-9)14-17(18(10)26)20(28)16-13(25)6-5-12(24(29)30)15(16)19(14)27/h1-7,23,25-26H. The number of phenolic OH excluding ortho intramolecular Hbond substituents is 2. The van der Waals surface area contributed by atoms with Gasteiger partial charge in [-0.25, -0.2) is 4.39 Å². The summed E-state index contributed by atoms with van der Waals surface area (Å²) in [4.78, 5) is 36.9. The minimum Gasteiger partial charge on any atom is -0.507 e. The van der Waals surface area contributed by atoms with Gasteiger partial charge in [0.25, 0.3) is 5.69 Å². The zero-order valence-electron chi connectivity index (χ0n) is 14.8. The largest absolute Gasteiger partial charge is 0.507 e. The number of phenols is 2. The number of nitrogens with one attached hydrogen (secondary N) is 1. The fourth-order valence-electron chi connectivity index (χ4n) is 3.33. The lowest BCUT2D eigenvalue weighted by Gasteiger charge is -2.23. The number of nitrogens with zero attached hydrogens (tertiary/aromatic N) is 1. The summed E-state index contributed by atoms with van der Waals surface area (Å²) < 4.78 is 13.3. The average Bonchev–Trinajstić information content (AvgIpc) is 2.70. The quantitative estimate of drug-likeness (QED) is 0.228. The maximum Gasteiger partial charge on any atom is 0.281 e. The Morgan fingerprint density at radius 1 is 0.933 bits per heavy atom. The van der Waals surface area contributed by atoms with Gasteiger partial charge < -0.3 is 15.5 Å². The van der Waals surface area contributed by atoms with E-state index in [0.29, 0.717) is 5.69 Å². The summed E-state index contributed by atoms with van der Waals surface area (Å²) in [6, 6.07) is 8.32. The van der Waals surface area contributed by atoms with Crippen LogP contribution in [0, 0.1) is 15.9 Å². The molecular formula is C20H10BrFN2O6. The van der Waals surface area contributed by atoms with Crippen LogP contribution in [0.3, 0.4) is 0 Å². The highest BCUT2D eigenvalue weighted by Crippen LogP contribution is 2.45. The van der Waals surface area contributed by atoms with Crippen molar-refractivity contribution in [3.63, 3.8) is 0 Å². The molecule has 0 bridgehead atoms. The van der Waals surface area contributed by atoms with Gasteiger partial charge in [0.15, 0.2) is 0 Å². The Morgan fingerprint density at radius 3 is 2.20 bits per heavy atom. The van der Waals surface area contributed by atoms with Crippen molar-refractivity contribution in [3.05, 3.63) is 85.1 Å².